The Morgan fingerprint density at radius 2 is 1.94 bits per heavy atom. The van der Waals surface area contributed by atoms with Crippen LogP contribution in [-0.4, -0.2) is 42.7 Å². The summed E-state index contributed by atoms with van der Waals surface area (Å²) >= 11 is 0. The molecule has 3 atom stereocenters. The topological polar surface area (TPSA) is 32.3 Å². The number of rotatable bonds is 1. The highest BCUT2D eigenvalue weighted by Gasteiger charge is 2.47. The largest absolute Gasteiger partial charge is 0.342 e. The summed E-state index contributed by atoms with van der Waals surface area (Å²) in [5, 5.41) is 3.41. The number of amides is 1. The second kappa shape index (κ2) is 3.99. The third-order valence-electron chi connectivity index (χ3n) is 4.45. The number of nitrogens with one attached hydrogen (secondary N) is 1. The molecule has 0 radical (unpaired) electrons. The normalized spacial score (nSPS) is 39.3. The molecule has 1 saturated carbocycles. The van der Waals surface area contributed by atoms with Gasteiger partial charge in [0, 0.05) is 19.1 Å². The first-order valence-corrected chi connectivity index (χ1v) is 6.42. The number of likely N-dealkylation sites (tertiary alicyclic amines) is 1. The van der Waals surface area contributed by atoms with Crippen LogP contribution in [0.1, 0.15) is 25.7 Å². The fourth-order valence-corrected chi connectivity index (χ4v) is 3.50. The Labute approximate surface area is 95.4 Å². The maximum absolute atomic E-state index is 13.0. The quantitative estimate of drug-likeness (QED) is 0.722. The van der Waals surface area contributed by atoms with Gasteiger partial charge < -0.3 is 10.2 Å². The molecule has 0 aromatic heterocycles. The number of piperidine rings is 2. The van der Waals surface area contributed by atoms with Gasteiger partial charge in [0.05, 0.1) is 5.92 Å². The Morgan fingerprint density at radius 1 is 1.19 bits per heavy atom. The number of carbonyl (C=O) groups is 1. The molecular weight excluding hydrogens is 207 g/mol. The summed E-state index contributed by atoms with van der Waals surface area (Å²) in [6.45, 7) is 2.24. The summed E-state index contributed by atoms with van der Waals surface area (Å²) in [7, 11) is 0. The van der Waals surface area contributed by atoms with Crippen molar-refractivity contribution >= 4 is 5.91 Å². The zero-order chi connectivity index (χ0) is 11.1. The fourth-order valence-electron chi connectivity index (χ4n) is 3.50. The maximum Gasteiger partial charge on any atom is 0.227 e. The first-order valence-electron chi connectivity index (χ1n) is 6.42. The Morgan fingerprint density at radius 3 is 2.44 bits per heavy atom. The highest BCUT2D eigenvalue weighted by Crippen LogP contribution is 2.38. The number of nitrogens with zero attached hydrogens (tertiary/aromatic N) is 1. The van der Waals surface area contributed by atoms with E-state index >= 15 is 0 Å². The molecule has 2 saturated heterocycles. The van der Waals surface area contributed by atoms with E-state index in [0.29, 0.717) is 37.9 Å². The minimum absolute atomic E-state index is 0.191. The van der Waals surface area contributed by atoms with Crippen LogP contribution in [0.3, 0.4) is 0 Å². The molecule has 1 aliphatic carbocycles. The molecule has 4 heteroatoms. The molecule has 3 nitrogen and oxygen atoms in total. The molecule has 3 fully saturated rings. The molecule has 0 spiro atoms. The number of hydrogen-bond donors (Lipinski definition) is 1. The van der Waals surface area contributed by atoms with E-state index in [1.54, 1.807) is 0 Å². The van der Waals surface area contributed by atoms with E-state index in [4.69, 9.17) is 0 Å². The standard InChI is InChI=1S/C12H19FN2O/c13-9-3-5-15(6-4-9)12(16)11-8-1-2-10(11)14-7-8/h8-11,14H,1-7H2/t8-,10-,11+/m0/s1. The predicted octanol–water partition coefficient (Wildman–Crippen LogP) is 0.945. The molecular formula is C12H19FN2O. The first-order chi connectivity index (χ1) is 7.75. The molecule has 3 rings (SSSR count). The average Bonchev–Trinajstić information content (AvgIpc) is 2.88. The van der Waals surface area contributed by atoms with Gasteiger partial charge in [-0.05, 0) is 38.1 Å². The van der Waals surface area contributed by atoms with Crippen LogP contribution in [0.25, 0.3) is 0 Å². The van der Waals surface area contributed by atoms with Crippen LogP contribution >= 0.6 is 0 Å². The SMILES string of the molecule is O=C([C@@H]1[C@H]2CC[C@@H]1NC2)N1CCC(F)CC1. The van der Waals surface area contributed by atoms with Crippen molar-refractivity contribution in [3.8, 4) is 0 Å². The van der Waals surface area contributed by atoms with E-state index in [1.165, 1.54) is 6.42 Å². The summed E-state index contributed by atoms with van der Waals surface area (Å²) in [5.74, 6) is 1.01. The van der Waals surface area contributed by atoms with Crippen LogP contribution in [0.2, 0.25) is 0 Å². The lowest BCUT2D eigenvalue weighted by Gasteiger charge is -2.31. The summed E-state index contributed by atoms with van der Waals surface area (Å²) in [6.07, 6.45) is 2.69. The number of hydrogen-bond acceptors (Lipinski definition) is 2. The van der Waals surface area contributed by atoms with E-state index in [1.807, 2.05) is 4.90 Å². The van der Waals surface area contributed by atoms with Crippen LogP contribution in [0.4, 0.5) is 4.39 Å². The van der Waals surface area contributed by atoms with Gasteiger partial charge in [0.15, 0.2) is 0 Å². The summed E-state index contributed by atoms with van der Waals surface area (Å²) < 4.78 is 13.0. The van der Waals surface area contributed by atoms with Crippen molar-refractivity contribution < 1.29 is 9.18 Å². The number of carbonyl (C=O) groups excluding carboxylic acids is 1. The summed E-state index contributed by atoms with van der Waals surface area (Å²) in [4.78, 5) is 14.2. The van der Waals surface area contributed by atoms with Crippen LogP contribution < -0.4 is 5.32 Å². The van der Waals surface area contributed by atoms with E-state index in [0.717, 1.165) is 13.0 Å². The molecule has 0 aromatic carbocycles. The van der Waals surface area contributed by atoms with Gasteiger partial charge in [-0.3, -0.25) is 4.79 Å². The van der Waals surface area contributed by atoms with Gasteiger partial charge in [0.25, 0.3) is 0 Å². The van der Waals surface area contributed by atoms with Crippen molar-refractivity contribution in [2.75, 3.05) is 19.6 Å². The summed E-state index contributed by atoms with van der Waals surface area (Å²) in [5.41, 5.74) is 0. The Kier molecular flexibility index (Phi) is 2.62. The predicted molar refractivity (Wildman–Crippen MR) is 58.7 cm³/mol. The minimum Gasteiger partial charge on any atom is -0.342 e. The van der Waals surface area contributed by atoms with Gasteiger partial charge in [-0.2, -0.15) is 0 Å². The zero-order valence-electron chi connectivity index (χ0n) is 9.49. The van der Waals surface area contributed by atoms with Gasteiger partial charge in [0.2, 0.25) is 5.91 Å². The van der Waals surface area contributed by atoms with Crippen LogP contribution in [-0.2, 0) is 4.79 Å². The van der Waals surface area contributed by atoms with E-state index in [-0.39, 0.29) is 11.8 Å². The smallest absolute Gasteiger partial charge is 0.227 e. The van der Waals surface area contributed by atoms with Gasteiger partial charge >= 0.3 is 0 Å². The second-order valence-electron chi connectivity index (χ2n) is 5.38. The molecule has 0 aromatic rings. The lowest BCUT2D eigenvalue weighted by Crippen LogP contribution is -2.44. The van der Waals surface area contributed by atoms with Crippen LogP contribution in [0, 0.1) is 11.8 Å². The second-order valence-corrected chi connectivity index (χ2v) is 5.38. The zero-order valence-corrected chi connectivity index (χ0v) is 9.49. The fraction of sp³-hybridized carbons (Fsp3) is 0.917. The van der Waals surface area contributed by atoms with Crippen molar-refractivity contribution in [2.45, 2.75) is 37.9 Å². The molecule has 1 amide bonds. The minimum atomic E-state index is -0.692. The van der Waals surface area contributed by atoms with Gasteiger partial charge in [0.1, 0.15) is 6.17 Å². The molecule has 2 bridgehead atoms. The van der Waals surface area contributed by atoms with Crippen LogP contribution in [0.15, 0.2) is 0 Å². The van der Waals surface area contributed by atoms with Crippen molar-refractivity contribution in [3.63, 3.8) is 0 Å². The van der Waals surface area contributed by atoms with Gasteiger partial charge in [-0.15, -0.1) is 0 Å². The number of fused-ring (bicyclic) bond motifs is 2. The molecule has 16 heavy (non-hydrogen) atoms. The first kappa shape index (κ1) is 10.5. The van der Waals surface area contributed by atoms with E-state index < -0.39 is 6.17 Å². The molecule has 2 heterocycles. The molecule has 1 N–H and O–H groups in total. The Hall–Kier alpha value is -0.640. The van der Waals surface area contributed by atoms with Crippen molar-refractivity contribution in [3.05, 3.63) is 0 Å². The van der Waals surface area contributed by atoms with Crippen molar-refractivity contribution in [1.29, 1.82) is 0 Å². The third-order valence-corrected chi connectivity index (χ3v) is 4.45. The third kappa shape index (κ3) is 1.63. The van der Waals surface area contributed by atoms with Crippen LogP contribution in [0.5, 0.6) is 0 Å². The highest BCUT2D eigenvalue weighted by molar-refractivity contribution is 5.80. The Bertz CT molecular complexity index is 269. The highest BCUT2D eigenvalue weighted by atomic mass is 19.1. The van der Waals surface area contributed by atoms with Gasteiger partial charge in [-0.1, -0.05) is 0 Å². The Balaban J connectivity index is 1.65. The van der Waals surface area contributed by atoms with Gasteiger partial charge in [-0.25, -0.2) is 4.39 Å². The molecule has 90 valence electrons. The summed E-state index contributed by atoms with van der Waals surface area (Å²) in [6, 6.07) is 0.403. The molecule has 2 aliphatic heterocycles. The maximum atomic E-state index is 13.0. The molecule has 3 aliphatic rings. The van der Waals surface area contributed by atoms with E-state index in [9.17, 15) is 9.18 Å². The molecule has 0 unspecified atom stereocenters. The lowest BCUT2D eigenvalue weighted by molar-refractivity contribution is -0.137. The van der Waals surface area contributed by atoms with E-state index in [2.05, 4.69) is 5.32 Å². The average molecular weight is 226 g/mol. The number of halogens is 1. The lowest BCUT2D eigenvalue weighted by atomic mass is 9.95. The van der Waals surface area contributed by atoms with Crippen molar-refractivity contribution in [2.24, 2.45) is 11.8 Å². The number of alkyl halides is 1. The van der Waals surface area contributed by atoms with Crippen molar-refractivity contribution in [1.82, 2.24) is 10.2 Å². The monoisotopic (exact) mass is 226 g/mol.